The van der Waals surface area contributed by atoms with Gasteiger partial charge in [0.05, 0.1) is 6.10 Å². The van der Waals surface area contributed by atoms with E-state index < -0.39 is 0 Å². The Labute approximate surface area is 117 Å². The van der Waals surface area contributed by atoms with Crippen LogP contribution in [-0.4, -0.2) is 24.4 Å². The van der Waals surface area contributed by atoms with E-state index in [9.17, 15) is 4.79 Å². The fourth-order valence-corrected chi connectivity index (χ4v) is 3.59. The largest absolute Gasteiger partial charge is 0.398 e. The van der Waals surface area contributed by atoms with Crippen LogP contribution in [-0.2, 0) is 16.0 Å². The van der Waals surface area contributed by atoms with Crippen LogP contribution in [0.25, 0.3) is 0 Å². The molecule has 0 bridgehead atoms. The van der Waals surface area contributed by atoms with Gasteiger partial charge in [-0.2, -0.15) is 0 Å². The monoisotopic (exact) mass is 278 g/mol. The first kappa shape index (κ1) is 12.8. The summed E-state index contributed by atoms with van der Waals surface area (Å²) in [5.41, 5.74) is 8.86. The highest BCUT2D eigenvalue weighted by Crippen LogP contribution is 2.34. The van der Waals surface area contributed by atoms with Crippen LogP contribution < -0.4 is 11.1 Å². The lowest BCUT2D eigenvalue weighted by Gasteiger charge is -2.19. The van der Waals surface area contributed by atoms with Crippen molar-refractivity contribution in [1.29, 1.82) is 0 Å². The first-order chi connectivity index (χ1) is 9.22. The van der Waals surface area contributed by atoms with E-state index in [0.29, 0.717) is 12.5 Å². The summed E-state index contributed by atoms with van der Waals surface area (Å²) in [6, 6.07) is 3.99. The van der Waals surface area contributed by atoms with E-state index in [1.807, 2.05) is 6.07 Å². The molecule has 1 unspecified atom stereocenters. The maximum atomic E-state index is 11.3. The van der Waals surface area contributed by atoms with Gasteiger partial charge in [-0.25, -0.2) is 0 Å². The normalized spacial score (nSPS) is 22.1. The molecule has 2 heterocycles. The van der Waals surface area contributed by atoms with Crippen molar-refractivity contribution >= 4 is 29.0 Å². The maximum absolute atomic E-state index is 11.3. The number of rotatable bonds is 3. The Morgan fingerprint density at radius 2 is 2.32 bits per heavy atom. The third-order valence-corrected chi connectivity index (χ3v) is 4.78. The van der Waals surface area contributed by atoms with Gasteiger partial charge in [-0.05, 0) is 37.0 Å². The Kier molecular flexibility index (Phi) is 3.66. The minimum Gasteiger partial charge on any atom is -0.398 e. The second-order valence-electron chi connectivity index (χ2n) is 5.04. The summed E-state index contributed by atoms with van der Waals surface area (Å²) in [6.07, 6.45) is 4.03. The van der Waals surface area contributed by atoms with E-state index >= 15 is 0 Å². The molecule has 0 spiro atoms. The highest BCUT2D eigenvalue weighted by molar-refractivity contribution is 7.99. The van der Waals surface area contributed by atoms with E-state index in [2.05, 4.69) is 11.4 Å². The smallest absolute Gasteiger partial charge is 0.224 e. The highest BCUT2D eigenvalue weighted by atomic mass is 32.2. The van der Waals surface area contributed by atoms with Gasteiger partial charge in [0.15, 0.2) is 0 Å². The van der Waals surface area contributed by atoms with Gasteiger partial charge in [-0.3, -0.25) is 4.79 Å². The van der Waals surface area contributed by atoms with Gasteiger partial charge >= 0.3 is 0 Å². The number of fused-ring (bicyclic) bond motifs is 1. The molecule has 4 nitrogen and oxygen atoms in total. The fraction of sp³-hybridized carbons (Fsp3) is 0.500. The number of hydrogen-bond donors (Lipinski definition) is 2. The Balaban J connectivity index is 1.72. The number of amides is 1. The van der Waals surface area contributed by atoms with E-state index in [-0.39, 0.29) is 5.91 Å². The van der Waals surface area contributed by atoms with Crippen LogP contribution in [0.5, 0.6) is 0 Å². The number of carbonyl (C=O) groups is 1. The van der Waals surface area contributed by atoms with Gasteiger partial charge in [-0.15, -0.1) is 11.8 Å². The molecule has 1 amide bonds. The molecule has 1 atom stereocenters. The van der Waals surface area contributed by atoms with E-state index in [1.54, 1.807) is 11.8 Å². The third-order valence-electron chi connectivity index (χ3n) is 3.58. The van der Waals surface area contributed by atoms with Crippen LogP contribution >= 0.6 is 11.8 Å². The molecule has 3 N–H and O–H groups in total. The van der Waals surface area contributed by atoms with Crippen molar-refractivity contribution in [2.45, 2.75) is 36.7 Å². The highest BCUT2D eigenvalue weighted by Gasteiger charge is 2.19. The number of hydrogen-bond acceptors (Lipinski definition) is 4. The number of anilines is 2. The van der Waals surface area contributed by atoms with Crippen LogP contribution in [0.3, 0.4) is 0 Å². The molecule has 102 valence electrons. The van der Waals surface area contributed by atoms with Crippen molar-refractivity contribution in [2.75, 3.05) is 23.4 Å². The van der Waals surface area contributed by atoms with E-state index in [0.717, 1.165) is 47.9 Å². The quantitative estimate of drug-likeness (QED) is 0.658. The Bertz CT molecular complexity index is 498. The SMILES string of the molecule is Nc1cc2c(cc1SCC1CCCO1)CCC(=O)N2. The first-order valence-corrected chi connectivity index (χ1v) is 7.67. The molecule has 1 aromatic rings. The summed E-state index contributed by atoms with van der Waals surface area (Å²) < 4.78 is 5.62. The minimum atomic E-state index is 0.0756. The van der Waals surface area contributed by atoms with Crippen LogP contribution in [0.1, 0.15) is 24.8 Å². The molecule has 1 fully saturated rings. The Hall–Kier alpha value is -1.20. The van der Waals surface area contributed by atoms with E-state index in [1.165, 1.54) is 5.56 Å². The lowest BCUT2D eigenvalue weighted by molar-refractivity contribution is -0.116. The molecule has 3 rings (SSSR count). The molecule has 0 aliphatic carbocycles. The van der Waals surface area contributed by atoms with Crippen molar-refractivity contribution < 1.29 is 9.53 Å². The topological polar surface area (TPSA) is 64.3 Å². The summed E-state index contributed by atoms with van der Waals surface area (Å²) in [5, 5.41) is 2.87. The number of ether oxygens (including phenoxy) is 1. The minimum absolute atomic E-state index is 0.0756. The maximum Gasteiger partial charge on any atom is 0.224 e. The average Bonchev–Trinajstić information content (AvgIpc) is 2.89. The first-order valence-electron chi connectivity index (χ1n) is 6.69. The summed E-state index contributed by atoms with van der Waals surface area (Å²) in [4.78, 5) is 12.5. The van der Waals surface area contributed by atoms with Crippen molar-refractivity contribution in [3.05, 3.63) is 17.7 Å². The number of aryl methyl sites for hydroxylation is 1. The number of nitrogen functional groups attached to an aromatic ring is 1. The van der Waals surface area contributed by atoms with Crippen molar-refractivity contribution in [2.24, 2.45) is 0 Å². The van der Waals surface area contributed by atoms with Gasteiger partial charge < -0.3 is 15.8 Å². The predicted molar refractivity (Wildman–Crippen MR) is 77.5 cm³/mol. The molecule has 0 aromatic heterocycles. The molecule has 1 aromatic carbocycles. The van der Waals surface area contributed by atoms with Gasteiger partial charge in [0, 0.05) is 35.1 Å². The zero-order chi connectivity index (χ0) is 13.2. The van der Waals surface area contributed by atoms with Crippen molar-refractivity contribution in [3.8, 4) is 0 Å². The summed E-state index contributed by atoms with van der Waals surface area (Å²) in [5.74, 6) is 1.03. The van der Waals surface area contributed by atoms with Crippen LogP contribution in [0.2, 0.25) is 0 Å². The molecule has 0 saturated carbocycles. The Morgan fingerprint density at radius 3 is 3.11 bits per heavy atom. The molecule has 5 heteroatoms. The van der Waals surface area contributed by atoms with Crippen molar-refractivity contribution in [3.63, 3.8) is 0 Å². The lowest BCUT2D eigenvalue weighted by Crippen LogP contribution is -2.19. The van der Waals surface area contributed by atoms with Gasteiger partial charge in [0.2, 0.25) is 5.91 Å². The second-order valence-corrected chi connectivity index (χ2v) is 6.10. The summed E-state index contributed by atoms with van der Waals surface area (Å²) in [7, 11) is 0. The van der Waals surface area contributed by atoms with Crippen LogP contribution in [0.4, 0.5) is 11.4 Å². The fourth-order valence-electron chi connectivity index (χ4n) is 2.51. The average molecular weight is 278 g/mol. The number of nitrogens with one attached hydrogen (secondary N) is 1. The summed E-state index contributed by atoms with van der Waals surface area (Å²) >= 11 is 1.76. The van der Waals surface area contributed by atoms with Gasteiger partial charge in [-0.1, -0.05) is 0 Å². The number of benzene rings is 1. The van der Waals surface area contributed by atoms with Crippen LogP contribution in [0, 0.1) is 0 Å². The third kappa shape index (κ3) is 2.87. The standard InChI is InChI=1S/C14H18N2O2S/c15-11-7-12-9(3-4-14(17)16-12)6-13(11)19-8-10-2-1-5-18-10/h6-7,10H,1-5,8,15H2,(H,16,17). The van der Waals surface area contributed by atoms with Crippen molar-refractivity contribution in [1.82, 2.24) is 0 Å². The molecule has 2 aliphatic heterocycles. The lowest BCUT2D eigenvalue weighted by atomic mass is 10.0. The zero-order valence-corrected chi connectivity index (χ0v) is 11.6. The second kappa shape index (κ2) is 5.43. The van der Waals surface area contributed by atoms with Crippen LogP contribution in [0.15, 0.2) is 17.0 Å². The number of carbonyl (C=O) groups excluding carboxylic acids is 1. The number of nitrogens with two attached hydrogens (primary N) is 1. The Morgan fingerprint density at radius 1 is 1.42 bits per heavy atom. The predicted octanol–water partition coefficient (Wildman–Crippen LogP) is 2.42. The molecule has 0 radical (unpaired) electrons. The molecular formula is C14H18N2O2S. The molecular weight excluding hydrogens is 260 g/mol. The van der Waals surface area contributed by atoms with Gasteiger partial charge in [0.25, 0.3) is 0 Å². The number of thioether (sulfide) groups is 1. The summed E-state index contributed by atoms with van der Waals surface area (Å²) in [6.45, 7) is 0.886. The molecule has 2 aliphatic rings. The van der Waals surface area contributed by atoms with E-state index in [4.69, 9.17) is 10.5 Å². The molecule has 19 heavy (non-hydrogen) atoms. The zero-order valence-electron chi connectivity index (χ0n) is 10.8. The van der Waals surface area contributed by atoms with Gasteiger partial charge in [0.1, 0.15) is 0 Å². The molecule has 1 saturated heterocycles.